The molecule has 7 nitrogen and oxygen atoms in total. The molecule has 4 aromatic carbocycles. The maximum Gasteiger partial charge on any atom is 0.300 e. The zero-order valence-electron chi connectivity index (χ0n) is 20.4. The monoisotopic (exact) mass is 496 g/mol. The lowest BCUT2D eigenvalue weighted by Gasteiger charge is -2.07. The van der Waals surface area contributed by atoms with Crippen LogP contribution in [0, 0.1) is 0 Å². The smallest absolute Gasteiger partial charge is 0.300 e. The van der Waals surface area contributed by atoms with E-state index in [9.17, 15) is 4.79 Å². The predicted molar refractivity (Wildman–Crippen MR) is 150 cm³/mol. The molecule has 184 valence electrons. The van der Waals surface area contributed by atoms with Gasteiger partial charge in [0.2, 0.25) is 0 Å². The van der Waals surface area contributed by atoms with E-state index in [1.54, 1.807) is 4.68 Å². The fraction of sp³-hybridized carbons (Fsp3) is 0. The molecule has 7 heteroatoms. The minimum atomic E-state index is -0.351. The Morgan fingerprint density at radius 2 is 1.16 bits per heavy atom. The predicted octanol–water partition coefficient (Wildman–Crippen LogP) is 6.91. The van der Waals surface area contributed by atoms with Crippen molar-refractivity contribution in [2.75, 3.05) is 10.6 Å². The summed E-state index contributed by atoms with van der Waals surface area (Å²) < 4.78 is 3.14. The van der Waals surface area contributed by atoms with Gasteiger partial charge in [-0.2, -0.15) is 9.78 Å². The molecule has 2 heterocycles. The molecule has 38 heavy (non-hydrogen) atoms. The van der Waals surface area contributed by atoms with Crippen molar-refractivity contribution in [2.45, 2.75) is 0 Å². The summed E-state index contributed by atoms with van der Waals surface area (Å²) in [4.78, 5) is 13.9. The second-order valence-corrected chi connectivity index (χ2v) is 8.64. The first kappa shape index (κ1) is 23.0. The molecule has 6 rings (SSSR count). The highest BCUT2D eigenvalue weighted by atomic mass is 16.2. The number of para-hydroxylation sites is 3. The van der Waals surface area contributed by atoms with Gasteiger partial charge in [0.25, 0.3) is 0 Å². The molecular weight excluding hydrogens is 472 g/mol. The van der Waals surface area contributed by atoms with Gasteiger partial charge in [0.15, 0.2) is 11.5 Å². The van der Waals surface area contributed by atoms with Crippen molar-refractivity contribution in [1.82, 2.24) is 19.6 Å². The highest BCUT2D eigenvalue weighted by Crippen LogP contribution is 2.27. The SMILES string of the molecule is O=C(c1cc(-c2ccccc2)n(-c2ccccc2)n1)n1nc(Nc2ccccc2)cc1Nc1ccccc1. The number of rotatable bonds is 7. The zero-order valence-corrected chi connectivity index (χ0v) is 20.4. The van der Waals surface area contributed by atoms with Crippen molar-refractivity contribution < 1.29 is 4.79 Å². The maximum absolute atomic E-state index is 13.9. The van der Waals surface area contributed by atoms with Crippen LogP contribution in [0.5, 0.6) is 0 Å². The molecule has 0 aliphatic rings. The minimum Gasteiger partial charge on any atom is -0.340 e. The van der Waals surface area contributed by atoms with E-state index >= 15 is 0 Å². The van der Waals surface area contributed by atoms with Gasteiger partial charge >= 0.3 is 5.91 Å². The summed E-state index contributed by atoms with van der Waals surface area (Å²) in [6.45, 7) is 0. The summed E-state index contributed by atoms with van der Waals surface area (Å²) in [5.41, 5.74) is 4.62. The largest absolute Gasteiger partial charge is 0.340 e. The second-order valence-electron chi connectivity index (χ2n) is 8.64. The third-order valence-corrected chi connectivity index (χ3v) is 5.99. The topological polar surface area (TPSA) is 76.8 Å². The first-order valence-corrected chi connectivity index (χ1v) is 12.2. The summed E-state index contributed by atoms with van der Waals surface area (Å²) >= 11 is 0. The van der Waals surface area contributed by atoms with E-state index in [2.05, 4.69) is 15.7 Å². The van der Waals surface area contributed by atoms with E-state index in [0.29, 0.717) is 11.6 Å². The molecule has 2 N–H and O–H groups in total. The van der Waals surface area contributed by atoms with Gasteiger partial charge in [-0.25, -0.2) is 4.68 Å². The van der Waals surface area contributed by atoms with Crippen LogP contribution in [0.1, 0.15) is 10.5 Å². The zero-order chi connectivity index (χ0) is 25.7. The summed E-state index contributed by atoms with van der Waals surface area (Å²) in [7, 11) is 0. The van der Waals surface area contributed by atoms with E-state index in [1.807, 2.05) is 133 Å². The molecule has 2 aromatic heterocycles. The number of nitrogens with zero attached hydrogens (tertiary/aromatic N) is 4. The van der Waals surface area contributed by atoms with Crippen LogP contribution in [0.2, 0.25) is 0 Å². The Labute approximate surface area is 220 Å². The molecule has 0 atom stereocenters. The number of aromatic nitrogens is 4. The van der Waals surface area contributed by atoms with Gasteiger partial charge in [-0.05, 0) is 42.5 Å². The molecule has 0 aliphatic carbocycles. The number of carbonyl (C=O) groups is 1. The fourth-order valence-electron chi connectivity index (χ4n) is 4.20. The lowest BCUT2D eigenvalue weighted by molar-refractivity contribution is 0.0942. The van der Waals surface area contributed by atoms with Crippen LogP contribution in [0.4, 0.5) is 23.0 Å². The van der Waals surface area contributed by atoms with Gasteiger partial charge in [-0.3, -0.25) is 4.79 Å². The number of hydrogen-bond acceptors (Lipinski definition) is 5. The van der Waals surface area contributed by atoms with Crippen LogP contribution in [0.15, 0.2) is 133 Å². The Morgan fingerprint density at radius 1 is 0.605 bits per heavy atom. The Kier molecular flexibility index (Phi) is 6.22. The molecule has 6 aromatic rings. The lowest BCUT2D eigenvalue weighted by atomic mass is 10.1. The van der Waals surface area contributed by atoms with Crippen molar-refractivity contribution >= 4 is 28.9 Å². The number of nitrogens with one attached hydrogen (secondary N) is 2. The van der Waals surface area contributed by atoms with Crippen molar-refractivity contribution in [2.24, 2.45) is 0 Å². The van der Waals surface area contributed by atoms with E-state index in [-0.39, 0.29) is 11.6 Å². The summed E-state index contributed by atoms with van der Waals surface area (Å²) in [6, 6.07) is 42.7. The second kappa shape index (κ2) is 10.3. The molecule has 0 unspecified atom stereocenters. The number of carbonyl (C=O) groups excluding carboxylic acids is 1. The third kappa shape index (κ3) is 4.81. The molecule has 0 saturated heterocycles. The van der Waals surface area contributed by atoms with E-state index in [1.165, 1.54) is 4.68 Å². The van der Waals surface area contributed by atoms with Gasteiger partial charge in [-0.1, -0.05) is 84.9 Å². The highest BCUT2D eigenvalue weighted by molar-refractivity contribution is 5.97. The number of hydrogen-bond donors (Lipinski definition) is 2. The molecule has 0 bridgehead atoms. The van der Waals surface area contributed by atoms with Crippen LogP contribution in [-0.4, -0.2) is 25.5 Å². The quantitative estimate of drug-likeness (QED) is 0.251. The van der Waals surface area contributed by atoms with Crippen molar-refractivity contribution in [3.05, 3.63) is 139 Å². The van der Waals surface area contributed by atoms with Crippen LogP contribution in [0.25, 0.3) is 16.9 Å². The lowest BCUT2D eigenvalue weighted by Crippen LogP contribution is -2.17. The van der Waals surface area contributed by atoms with E-state index < -0.39 is 0 Å². The van der Waals surface area contributed by atoms with Crippen LogP contribution in [-0.2, 0) is 0 Å². The van der Waals surface area contributed by atoms with Gasteiger partial charge in [-0.15, -0.1) is 5.10 Å². The Bertz CT molecular complexity index is 1600. The fourth-order valence-corrected chi connectivity index (χ4v) is 4.20. The summed E-state index contributed by atoms with van der Waals surface area (Å²) in [6.07, 6.45) is 0. The average Bonchev–Trinajstić information content (AvgIpc) is 3.60. The number of benzene rings is 4. The molecule has 0 aliphatic heterocycles. The van der Waals surface area contributed by atoms with Gasteiger partial charge in [0.1, 0.15) is 5.82 Å². The molecule has 0 saturated carbocycles. The highest BCUT2D eigenvalue weighted by Gasteiger charge is 2.22. The Balaban J connectivity index is 1.42. The minimum absolute atomic E-state index is 0.276. The molecule has 0 radical (unpaired) electrons. The number of anilines is 4. The molecule has 0 amide bonds. The average molecular weight is 497 g/mol. The van der Waals surface area contributed by atoms with Crippen LogP contribution < -0.4 is 10.6 Å². The van der Waals surface area contributed by atoms with Crippen molar-refractivity contribution in [3.8, 4) is 16.9 Å². The standard InChI is InChI=1S/C31H24N6O/c38-31(27-21-28(23-13-5-1-6-14-23)36(34-27)26-19-11-4-12-20-26)37-30(33-25-17-9-3-10-18-25)22-29(35-37)32-24-15-7-2-8-16-24/h1-22,33H,(H,32,35). The maximum atomic E-state index is 13.9. The summed E-state index contributed by atoms with van der Waals surface area (Å²) in [5, 5.41) is 15.9. The van der Waals surface area contributed by atoms with E-state index in [4.69, 9.17) is 5.10 Å². The normalized spacial score (nSPS) is 10.7. The van der Waals surface area contributed by atoms with Crippen LogP contribution in [0.3, 0.4) is 0 Å². The van der Waals surface area contributed by atoms with Gasteiger partial charge in [0, 0.05) is 23.0 Å². The van der Waals surface area contributed by atoms with Crippen molar-refractivity contribution in [3.63, 3.8) is 0 Å². The van der Waals surface area contributed by atoms with Gasteiger partial charge < -0.3 is 10.6 Å². The molecule has 0 spiro atoms. The first-order chi connectivity index (χ1) is 18.7. The van der Waals surface area contributed by atoms with Crippen LogP contribution >= 0.6 is 0 Å². The Morgan fingerprint density at radius 3 is 1.79 bits per heavy atom. The van der Waals surface area contributed by atoms with Crippen molar-refractivity contribution in [1.29, 1.82) is 0 Å². The molecular formula is C31H24N6O. The summed E-state index contributed by atoms with van der Waals surface area (Å²) in [5.74, 6) is 0.709. The Hall–Kier alpha value is -5.43. The van der Waals surface area contributed by atoms with Gasteiger partial charge in [0.05, 0.1) is 11.4 Å². The molecule has 0 fully saturated rings. The first-order valence-electron chi connectivity index (χ1n) is 12.2. The van der Waals surface area contributed by atoms with E-state index in [0.717, 1.165) is 28.3 Å². The third-order valence-electron chi connectivity index (χ3n) is 5.99.